The molecular formula is C13H14N4O3S. The Morgan fingerprint density at radius 1 is 1.29 bits per heavy atom. The van der Waals surface area contributed by atoms with Crippen LogP contribution in [0.2, 0.25) is 0 Å². The highest BCUT2D eigenvalue weighted by Gasteiger charge is 2.29. The Hall–Kier alpha value is -2.16. The number of sulfonamides is 1. The molecule has 0 aliphatic carbocycles. The summed E-state index contributed by atoms with van der Waals surface area (Å²) in [4.78, 5) is 3.83. The second-order valence-corrected chi connectivity index (χ2v) is 6.22. The smallest absolute Gasteiger partial charge is 0.244 e. The molecule has 21 heavy (non-hydrogen) atoms. The Labute approximate surface area is 122 Å². The minimum atomic E-state index is -3.76. The molecule has 0 radical (unpaired) electrons. The summed E-state index contributed by atoms with van der Waals surface area (Å²) in [7, 11) is -3.76. The van der Waals surface area contributed by atoms with Crippen LogP contribution in [-0.4, -0.2) is 20.0 Å². The Morgan fingerprint density at radius 2 is 2.10 bits per heavy atom. The van der Waals surface area contributed by atoms with Crippen molar-refractivity contribution in [2.75, 3.05) is 12.0 Å². The van der Waals surface area contributed by atoms with Crippen molar-refractivity contribution in [3.63, 3.8) is 0 Å². The average Bonchev–Trinajstić information content (AvgIpc) is 2.90. The molecule has 1 aliphatic heterocycles. The van der Waals surface area contributed by atoms with E-state index in [0.29, 0.717) is 5.75 Å². The van der Waals surface area contributed by atoms with E-state index in [-0.39, 0.29) is 17.2 Å². The number of anilines is 1. The summed E-state index contributed by atoms with van der Waals surface area (Å²) >= 11 is 0. The molecule has 1 aromatic carbocycles. The molecule has 8 heteroatoms. The van der Waals surface area contributed by atoms with Crippen LogP contribution in [0, 0.1) is 0 Å². The van der Waals surface area contributed by atoms with Crippen LogP contribution < -0.4 is 20.7 Å². The Balaban J connectivity index is 1.91. The molecule has 1 aliphatic rings. The number of benzene rings is 1. The zero-order valence-electron chi connectivity index (χ0n) is 11.0. The number of hydrogen-bond acceptors (Lipinski definition) is 6. The van der Waals surface area contributed by atoms with Gasteiger partial charge in [-0.3, -0.25) is 10.8 Å². The Bertz CT molecular complexity index is 764. The summed E-state index contributed by atoms with van der Waals surface area (Å²) in [6.07, 6.45) is 2.71. The molecule has 0 bridgehead atoms. The summed E-state index contributed by atoms with van der Waals surface area (Å²) in [6, 6.07) is 8.38. The number of nitrogens with two attached hydrogens (primary N) is 1. The summed E-state index contributed by atoms with van der Waals surface area (Å²) in [5, 5.41) is 0. The van der Waals surface area contributed by atoms with E-state index in [2.05, 4.69) is 15.1 Å². The summed E-state index contributed by atoms with van der Waals surface area (Å²) < 4.78 is 33.0. The standard InChI is InChI=1S/C13H14N4O3S/c14-16-10-5-6-15-7-13(10)21(18,19)17-11-8-20-12-4-2-1-3-9(11)12/h1-7,11,17H,8,14H2,(H,15,16). The van der Waals surface area contributed by atoms with E-state index in [0.717, 1.165) is 5.56 Å². The average molecular weight is 306 g/mol. The van der Waals surface area contributed by atoms with Crippen molar-refractivity contribution >= 4 is 15.7 Å². The third-order valence-electron chi connectivity index (χ3n) is 3.23. The number of nitrogen functional groups attached to an aromatic ring is 1. The number of nitrogens with one attached hydrogen (secondary N) is 2. The van der Waals surface area contributed by atoms with Gasteiger partial charge in [0, 0.05) is 18.0 Å². The van der Waals surface area contributed by atoms with Gasteiger partial charge >= 0.3 is 0 Å². The molecule has 1 unspecified atom stereocenters. The van der Waals surface area contributed by atoms with Crippen molar-refractivity contribution < 1.29 is 13.2 Å². The number of hydrazine groups is 1. The van der Waals surface area contributed by atoms with Gasteiger partial charge in [0.2, 0.25) is 10.0 Å². The van der Waals surface area contributed by atoms with E-state index >= 15 is 0 Å². The molecule has 1 aromatic heterocycles. The quantitative estimate of drug-likeness (QED) is 0.569. The maximum Gasteiger partial charge on any atom is 0.244 e. The first-order chi connectivity index (χ1) is 10.1. The number of ether oxygens (including phenoxy) is 1. The molecular weight excluding hydrogens is 292 g/mol. The van der Waals surface area contributed by atoms with Crippen LogP contribution in [0.15, 0.2) is 47.6 Å². The van der Waals surface area contributed by atoms with Gasteiger partial charge in [-0.25, -0.2) is 8.42 Å². The van der Waals surface area contributed by atoms with Crippen molar-refractivity contribution in [3.8, 4) is 5.75 Å². The Morgan fingerprint density at radius 3 is 2.90 bits per heavy atom. The van der Waals surface area contributed by atoms with Crippen LogP contribution in [0.1, 0.15) is 11.6 Å². The van der Waals surface area contributed by atoms with E-state index in [1.807, 2.05) is 18.2 Å². The first kappa shape index (κ1) is 13.8. The van der Waals surface area contributed by atoms with E-state index in [4.69, 9.17) is 10.6 Å². The predicted molar refractivity (Wildman–Crippen MR) is 77.0 cm³/mol. The number of pyridine rings is 1. The van der Waals surface area contributed by atoms with Crippen LogP contribution >= 0.6 is 0 Å². The lowest BCUT2D eigenvalue weighted by molar-refractivity contribution is 0.325. The van der Waals surface area contributed by atoms with Gasteiger partial charge in [0.15, 0.2) is 0 Å². The van der Waals surface area contributed by atoms with E-state index < -0.39 is 16.1 Å². The fourth-order valence-electron chi connectivity index (χ4n) is 2.22. The normalized spacial score (nSPS) is 17.1. The van der Waals surface area contributed by atoms with E-state index in [1.165, 1.54) is 18.5 Å². The number of fused-ring (bicyclic) bond motifs is 1. The van der Waals surface area contributed by atoms with Crippen LogP contribution in [0.25, 0.3) is 0 Å². The second kappa shape index (κ2) is 5.32. The number of aromatic nitrogens is 1. The van der Waals surface area contributed by atoms with Gasteiger partial charge in [0.25, 0.3) is 0 Å². The number of rotatable bonds is 4. The van der Waals surface area contributed by atoms with E-state index in [1.54, 1.807) is 6.07 Å². The molecule has 4 N–H and O–H groups in total. The van der Waals surface area contributed by atoms with Crippen molar-refractivity contribution in [2.45, 2.75) is 10.9 Å². The first-order valence-electron chi connectivity index (χ1n) is 6.26. The highest BCUT2D eigenvalue weighted by atomic mass is 32.2. The molecule has 0 spiro atoms. The largest absolute Gasteiger partial charge is 0.491 e. The minimum Gasteiger partial charge on any atom is -0.491 e. The fraction of sp³-hybridized carbons (Fsp3) is 0.154. The molecule has 1 atom stereocenters. The maximum atomic E-state index is 12.5. The molecule has 0 amide bonds. The van der Waals surface area contributed by atoms with Gasteiger partial charge in [-0.2, -0.15) is 4.72 Å². The highest BCUT2D eigenvalue weighted by molar-refractivity contribution is 7.89. The lowest BCUT2D eigenvalue weighted by Crippen LogP contribution is -2.30. The topological polar surface area (TPSA) is 106 Å². The lowest BCUT2D eigenvalue weighted by atomic mass is 10.1. The van der Waals surface area contributed by atoms with Gasteiger partial charge in [-0.15, -0.1) is 0 Å². The van der Waals surface area contributed by atoms with Gasteiger partial charge < -0.3 is 10.2 Å². The van der Waals surface area contributed by atoms with Crippen LogP contribution in [-0.2, 0) is 10.0 Å². The summed E-state index contributed by atoms with van der Waals surface area (Å²) in [6.45, 7) is 0.254. The predicted octanol–water partition coefficient (Wildman–Crippen LogP) is 0.779. The molecule has 0 saturated heterocycles. The van der Waals surface area contributed by atoms with Crippen molar-refractivity contribution in [1.29, 1.82) is 0 Å². The highest BCUT2D eigenvalue weighted by Crippen LogP contribution is 2.33. The molecule has 2 aromatic rings. The number of nitrogens with zero attached hydrogens (tertiary/aromatic N) is 1. The monoisotopic (exact) mass is 306 g/mol. The molecule has 3 rings (SSSR count). The van der Waals surface area contributed by atoms with Crippen molar-refractivity contribution in [1.82, 2.24) is 9.71 Å². The zero-order valence-corrected chi connectivity index (χ0v) is 11.8. The maximum absolute atomic E-state index is 12.5. The third-order valence-corrected chi connectivity index (χ3v) is 4.73. The molecule has 0 fully saturated rings. The van der Waals surface area contributed by atoms with Crippen molar-refractivity contribution in [2.24, 2.45) is 5.84 Å². The summed E-state index contributed by atoms with van der Waals surface area (Å²) in [5.74, 6) is 6.03. The van der Waals surface area contributed by atoms with Crippen LogP contribution in [0.3, 0.4) is 0 Å². The van der Waals surface area contributed by atoms with E-state index in [9.17, 15) is 8.42 Å². The van der Waals surface area contributed by atoms with Crippen LogP contribution in [0.4, 0.5) is 5.69 Å². The number of hydrogen-bond donors (Lipinski definition) is 3. The molecule has 0 saturated carbocycles. The third kappa shape index (κ3) is 2.56. The SMILES string of the molecule is NNc1ccncc1S(=O)(=O)NC1COc2ccccc21. The molecule has 7 nitrogen and oxygen atoms in total. The van der Waals surface area contributed by atoms with Gasteiger partial charge in [-0.1, -0.05) is 18.2 Å². The van der Waals surface area contributed by atoms with Gasteiger partial charge in [-0.05, 0) is 12.1 Å². The fourth-order valence-corrected chi connectivity index (χ4v) is 3.54. The molecule has 2 heterocycles. The molecule has 110 valence electrons. The first-order valence-corrected chi connectivity index (χ1v) is 7.75. The van der Waals surface area contributed by atoms with Gasteiger partial charge in [0.05, 0.1) is 11.7 Å². The minimum absolute atomic E-state index is 0.00289. The van der Waals surface area contributed by atoms with Crippen molar-refractivity contribution in [3.05, 3.63) is 48.3 Å². The zero-order chi connectivity index (χ0) is 14.9. The summed E-state index contributed by atoms with van der Waals surface area (Å²) in [5.41, 5.74) is 3.45. The van der Waals surface area contributed by atoms with Crippen LogP contribution in [0.5, 0.6) is 5.75 Å². The van der Waals surface area contributed by atoms with Gasteiger partial charge in [0.1, 0.15) is 17.3 Å². The second-order valence-electron chi connectivity index (χ2n) is 4.54. The lowest BCUT2D eigenvalue weighted by Gasteiger charge is -2.14. The Kier molecular flexibility index (Phi) is 3.50. The number of para-hydroxylation sites is 1.